The molecule has 1 aromatic carbocycles. The molecule has 0 amide bonds. The van der Waals surface area contributed by atoms with Crippen LogP contribution in [0.15, 0.2) is 17.0 Å². The maximum absolute atomic E-state index is 12.3. The van der Waals surface area contributed by atoms with Gasteiger partial charge in [-0.1, -0.05) is 6.92 Å². The molecule has 0 aliphatic carbocycles. The van der Waals surface area contributed by atoms with Gasteiger partial charge in [-0.3, -0.25) is 0 Å². The van der Waals surface area contributed by atoms with Gasteiger partial charge in [-0.25, -0.2) is 13.1 Å². The van der Waals surface area contributed by atoms with Crippen molar-refractivity contribution in [3.8, 4) is 5.75 Å². The van der Waals surface area contributed by atoms with Crippen LogP contribution in [-0.4, -0.2) is 35.2 Å². The SMILES string of the molecule is CCNCCNS(=O)(=O)c1c(C)cc(OC)cc1C. The first-order chi connectivity index (χ1) is 8.92. The lowest BCUT2D eigenvalue weighted by Crippen LogP contribution is -2.32. The molecule has 108 valence electrons. The Bertz CT molecular complexity index is 504. The van der Waals surface area contributed by atoms with Crippen molar-refractivity contribution in [2.75, 3.05) is 26.7 Å². The van der Waals surface area contributed by atoms with E-state index in [1.165, 1.54) is 0 Å². The van der Waals surface area contributed by atoms with E-state index in [0.29, 0.717) is 34.9 Å². The molecule has 0 radical (unpaired) electrons. The summed E-state index contributed by atoms with van der Waals surface area (Å²) in [5.74, 6) is 0.668. The zero-order chi connectivity index (χ0) is 14.5. The van der Waals surface area contributed by atoms with E-state index < -0.39 is 10.0 Å². The minimum Gasteiger partial charge on any atom is -0.497 e. The van der Waals surface area contributed by atoms with Gasteiger partial charge in [0.15, 0.2) is 0 Å². The Labute approximate surface area is 115 Å². The lowest BCUT2D eigenvalue weighted by Gasteiger charge is -2.13. The molecule has 2 N–H and O–H groups in total. The molecule has 6 heteroatoms. The first kappa shape index (κ1) is 15.9. The number of likely N-dealkylation sites (N-methyl/N-ethyl adjacent to an activating group) is 1. The predicted octanol–water partition coefficient (Wildman–Crippen LogP) is 1.20. The van der Waals surface area contributed by atoms with Crippen LogP contribution in [0.25, 0.3) is 0 Å². The van der Waals surface area contributed by atoms with Gasteiger partial charge in [0.05, 0.1) is 12.0 Å². The van der Waals surface area contributed by atoms with Crippen LogP contribution in [0.1, 0.15) is 18.1 Å². The van der Waals surface area contributed by atoms with Crippen LogP contribution in [0.4, 0.5) is 0 Å². The van der Waals surface area contributed by atoms with E-state index in [-0.39, 0.29) is 0 Å². The van der Waals surface area contributed by atoms with E-state index in [1.54, 1.807) is 33.1 Å². The van der Waals surface area contributed by atoms with Gasteiger partial charge in [-0.15, -0.1) is 0 Å². The van der Waals surface area contributed by atoms with Crippen LogP contribution >= 0.6 is 0 Å². The van der Waals surface area contributed by atoms with Crippen molar-refractivity contribution in [1.29, 1.82) is 0 Å². The minimum atomic E-state index is -3.47. The van der Waals surface area contributed by atoms with Crippen LogP contribution in [0.2, 0.25) is 0 Å². The number of nitrogens with one attached hydrogen (secondary N) is 2. The van der Waals surface area contributed by atoms with Gasteiger partial charge in [0.1, 0.15) is 5.75 Å². The lowest BCUT2D eigenvalue weighted by atomic mass is 10.1. The van der Waals surface area contributed by atoms with Gasteiger partial charge in [0.2, 0.25) is 10.0 Å². The van der Waals surface area contributed by atoms with Crippen LogP contribution in [0, 0.1) is 13.8 Å². The van der Waals surface area contributed by atoms with Gasteiger partial charge < -0.3 is 10.1 Å². The van der Waals surface area contributed by atoms with Crippen molar-refractivity contribution in [2.24, 2.45) is 0 Å². The molecule has 0 aliphatic rings. The fraction of sp³-hybridized carbons (Fsp3) is 0.538. The smallest absolute Gasteiger partial charge is 0.241 e. The Morgan fingerprint density at radius 3 is 2.21 bits per heavy atom. The van der Waals surface area contributed by atoms with Crippen molar-refractivity contribution in [1.82, 2.24) is 10.0 Å². The first-order valence-corrected chi connectivity index (χ1v) is 7.76. The lowest BCUT2D eigenvalue weighted by molar-refractivity contribution is 0.413. The van der Waals surface area contributed by atoms with Crippen molar-refractivity contribution >= 4 is 10.0 Å². The second-order valence-electron chi connectivity index (χ2n) is 4.34. The third-order valence-electron chi connectivity index (χ3n) is 2.78. The average molecular weight is 286 g/mol. The Morgan fingerprint density at radius 1 is 1.16 bits per heavy atom. The standard InChI is InChI=1S/C13H22N2O3S/c1-5-14-6-7-15-19(16,17)13-10(2)8-12(18-4)9-11(13)3/h8-9,14-15H,5-7H2,1-4H3. The molecule has 5 nitrogen and oxygen atoms in total. The molecule has 0 heterocycles. The minimum absolute atomic E-state index is 0.338. The van der Waals surface area contributed by atoms with Gasteiger partial charge in [0, 0.05) is 13.1 Å². The second-order valence-corrected chi connectivity index (χ2v) is 6.05. The number of methoxy groups -OCH3 is 1. The summed E-state index contributed by atoms with van der Waals surface area (Å²) in [5, 5.41) is 3.07. The molecule has 0 saturated carbocycles. The monoisotopic (exact) mass is 286 g/mol. The van der Waals surface area contributed by atoms with Crippen molar-refractivity contribution in [3.05, 3.63) is 23.3 Å². The average Bonchev–Trinajstić information content (AvgIpc) is 2.33. The van der Waals surface area contributed by atoms with E-state index in [9.17, 15) is 8.42 Å². The van der Waals surface area contributed by atoms with E-state index in [0.717, 1.165) is 6.54 Å². The summed E-state index contributed by atoms with van der Waals surface area (Å²) in [6.45, 7) is 7.34. The molecule has 0 bridgehead atoms. The third kappa shape index (κ3) is 4.19. The molecule has 0 saturated heterocycles. The van der Waals surface area contributed by atoms with E-state index in [2.05, 4.69) is 10.0 Å². The molecule has 1 aromatic rings. The molecule has 19 heavy (non-hydrogen) atoms. The first-order valence-electron chi connectivity index (χ1n) is 6.28. The number of rotatable bonds is 7. The summed E-state index contributed by atoms with van der Waals surface area (Å²) in [6.07, 6.45) is 0. The van der Waals surface area contributed by atoms with Gasteiger partial charge >= 0.3 is 0 Å². The normalized spacial score (nSPS) is 11.6. The highest BCUT2D eigenvalue weighted by molar-refractivity contribution is 7.89. The fourth-order valence-electron chi connectivity index (χ4n) is 1.98. The maximum Gasteiger partial charge on any atom is 0.241 e. The van der Waals surface area contributed by atoms with Gasteiger partial charge in [0.25, 0.3) is 0 Å². The van der Waals surface area contributed by atoms with Crippen molar-refractivity contribution < 1.29 is 13.2 Å². The predicted molar refractivity (Wildman–Crippen MR) is 76.2 cm³/mol. The Kier molecular flexibility index (Phi) is 5.78. The van der Waals surface area contributed by atoms with Crippen LogP contribution in [0.5, 0.6) is 5.75 Å². The number of ether oxygens (including phenoxy) is 1. The molecule has 1 rings (SSSR count). The molecule has 0 aromatic heterocycles. The third-order valence-corrected chi connectivity index (χ3v) is 4.55. The van der Waals surface area contributed by atoms with E-state index >= 15 is 0 Å². The van der Waals surface area contributed by atoms with E-state index in [4.69, 9.17) is 4.74 Å². The molecule has 0 aliphatic heterocycles. The fourth-order valence-corrected chi connectivity index (χ4v) is 3.46. The zero-order valence-electron chi connectivity index (χ0n) is 11.9. The van der Waals surface area contributed by atoms with Crippen molar-refractivity contribution in [3.63, 3.8) is 0 Å². The summed E-state index contributed by atoms with van der Waals surface area (Å²) in [4.78, 5) is 0.338. The van der Waals surface area contributed by atoms with Gasteiger partial charge in [-0.2, -0.15) is 0 Å². The van der Waals surface area contributed by atoms with Crippen LogP contribution in [0.3, 0.4) is 0 Å². The maximum atomic E-state index is 12.3. The molecule has 0 fully saturated rings. The van der Waals surface area contributed by atoms with Crippen molar-refractivity contribution in [2.45, 2.75) is 25.7 Å². The summed E-state index contributed by atoms with van der Waals surface area (Å²) in [5.41, 5.74) is 1.38. The number of hydrogen-bond donors (Lipinski definition) is 2. The highest BCUT2D eigenvalue weighted by atomic mass is 32.2. The summed E-state index contributed by atoms with van der Waals surface area (Å²) in [6, 6.07) is 3.46. The second kappa shape index (κ2) is 6.88. The Hall–Kier alpha value is -1.11. The summed E-state index contributed by atoms with van der Waals surface area (Å²) < 4.78 is 32.2. The number of aryl methyl sites for hydroxylation is 2. The number of benzene rings is 1. The largest absolute Gasteiger partial charge is 0.497 e. The molecular formula is C13H22N2O3S. The zero-order valence-corrected chi connectivity index (χ0v) is 12.7. The van der Waals surface area contributed by atoms with E-state index in [1.807, 2.05) is 6.92 Å². The molecule has 0 spiro atoms. The Morgan fingerprint density at radius 2 is 1.74 bits per heavy atom. The summed E-state index contributed by atoms with van der Waals surface area (Å²) in [7, 11) is -1.91. The number of hydrogen-bond acceptors (Lipinski definition) is 4. The highest BCUT2D eigenvalue weighted by Crippen LogP contribution is 2.25. The Balaban J connectivity index is 2.95. The molecule has 0 unspecified atom stereocenters. The van der Waals surface area contributed by atoms with Gasteiger partial charge in [-0.05, 0) is 43.7 Å². The summed E-state index contributed by atoms with van der Waals surface area (Å²) >= 11 is 0. The molecular weight excluding hydrogens is 264 g/mol. The van der Waals surface area contributed by atoms with Crippen LogP contribution < -0.4 is 14.8 Å². The van der Waals surface area contributed by atoms with Crippen LogP contribution in [-0.2, 0) is 10.0 Å². The number of sulfonamides is 1. The topological polar surface area (TPSA) is 67.4 Å². The molecule has 0 atom stereocenters. The quantitative estimate of drug-likeness (QED) is 0.739. The highest BCUT2D eigenvalue weighted by Gasteiger charge is 2.19.